The molecule has 2 unspecified atom stereocenters. The van der Waals surface area contributed by atoms with Gasteiger partial charge in [0.2, 0.25) is 5.91 Å². The zero-order valence-electron chi connectivity index (χ0n) is 17.7. The Morgan fingerprint density at radius 3 is 2.07 bits per heavy atom. The highest BCUT2D eigenvalue weighted by molar-refractivity contribution is 5.76. The number of hydrogen-bond donors (Lipinski definition) is 3. The fourth-order valence-electron chi connectivity index (χ4n) is 2.90. The predicted octanol–water partition coefficient (Wildman–Crippen LogP) is 5.05. The summed E-state index contributed by atoms with van der Waals surface area (Å²) in [6, 6.07) is -0.626. The molecule has 0 saturated heterocycles. The van der Waals surface area contributed by atoms with Gasteiger partial charge in [-0.25, -0.2) is 0 Å². The van der Waals surface area contributed by atoms with Crippen molar-refractivity contribution in [2.24, 2.45) is 0 Å². The predicted molar refractivity (Wildman–Crippen MR) is 115 cm³/mol. The van der Waals surface area contributed by atoms with Gasteiger partial charge in [-0.15, -0.1) is 0 Å². The molecule has 2 atom stereocenters. The van der Waals surface area contributed by atoms with Crippen molar-refractivity contribution in [2.75, 3.05) is 6.61 Å². The summed E-state index contributed by atoms with van der Waals surface area (Å²) in [5.41, 5.74) is 0. The van der Waals surface area contributed by atoms with Crippen LogP contribution in [0.2, 0.25) is 0 Å². The van der Waals surface area contributed by atoms with E-state index in [1.54, 1.807) is 6.08 Å². The quantitative estimate of drug-likeness (QED) is 0.230. The molecule has 0 aromatic heterocycles. The minimum absolute atomic E-state index is 0.0880. The van der Waals surface area contributed by atoms with Crippen molar-refractivity contribution in [1.29, 1.82) is 0 Å². The Kier molecular flexibility index (Phi) is 18.8. The number of rotatable bonds is 18. The van der Waals surface area contributed by atoms with Gasteiger partial charge >= 0.3 is 0 Å². The molecule has 4 nitrogen and oxygen atoms in total. The van der Waals surface area contributed by atoms with Crippen LogP contribution in [0.5, 0.6) is 0 Å². The second kappa shape index (κ2) is 19.6. The SMILES string of the molecule is CCC/C=C/CC/C=C/C(O)C(CO)NC(=O)CCCCCCCCCC. The first-order chi connectivity index (χ1) is 13.2. The summed E-state index contributed by atoms with van der Waals surface area (Å²) < 4.78 is 0. The number of aliphatic hydroxyl groups is 2. The van der Waals surface area contributed by atoms with Crippen LogP contribution in [-0.4, -0.2) is 34.9 Å². The third kappa shape index (κ3) is 16.7. The smallest absolute Gasteiger partial charge is 0.220 e. The average molecular weight is 382 g/mol. The molecule has 0 fully saturated rings. The maximum Gasteiger partial charge on any atom is 0.220 e. The van der Waals surface area contributed by atoms with Crippen molar-refractivity contribution in [3.63, 3.8) is 0 Å². The molecule has 0 bridgehead atoms. The summed E-state index contributed by atoms with van der Waals surface area (Å²) in [6.45, 7) is 4.11. The third-order valence-corrected chi connectivity index (χ3v) is 4.67. The van der Waals surface area contributed by atoms with E-state index in [-0.39, 0.29) is 12.5 Å². The number of hydrogen-bond acceptors (Lipinski definition) is 3. The summed E-state index contributed by atoms with van der Waals surface area (Å²) >= 11 is 0. The summed E-state index contributed by atoms with van der Waals surface area (Å²) in [5, 5.41) is 22.3. The van der Waals surface area contributed by atoms with Crippen LogP contribution >= 0.6 is 0 Å². The number of allylic oxidation sites excluding steroid dienone is 3. The van der Waals surface area contributed by atoms with Crippen LogP contribution in [0.3, 0.4) is 0 Å². The van der Waals surface area contributed by atoms with Gasteiger partial charge in [0.1, 0.15) is 0 Å². The molecule has 0 rings (SSSR count). The van der Waals surface area contributed by atoms with Crippen molar-refractivity contribution in [3.8, 4) is 0 Å². The molecule has 0 aliphatic rings. The molecule has 4 heteroatoms. The van der Waals surface area contributed by atoms with Crippen LogP contribution in [-0.2, 0) is 4.79 Å². The number of carbonyl (C=O) groups excluding carboxylic acids is 1. The van der Waals surface area contributed by atoms with Crippen LogP contribution in [0.25, 0.3) is 0 Å². The summed E-state index contributed by atoms with van der Waals surface area (Å²) in [7, 11) is 0. The number of aliphatic hydroxyl groups excluding tert-OH is 2. The highest BCUT2D eigenvalue weighted by Gasteiger charge is 2.17. The zero-order valence-corrected chi connectivity index (χ0v) is 17.7. The first kappa shape index (κ1) is 25.9. The fraction of sp³-hybridized carbons (Fsp3) is 0.783. The summed E-state index contributed by atoms with van der Waals surface area (Å²) in [6.07, 6.45) is 21.1. The van der Waals surface area contributed by atoms with Gasteiger partial charge in [-0.05, 0) is 25.7 Å². The molecule has 3 N–H and O–H groups in total. The standard InChI is InChI=1S/C23H43NO3/c1-3-5-7-9-11-13-15-17-19-23(27)24-21(20-25)22(26)18-16-14-12-10-8-6-4-2/h8,10,16,18,21-22,25-26H,3-7,9,11-15,17,19-20H2,1-2H3,(H,24,27)/b10-8+,18-16+. The van der Waals surface area contributed by atoms with Crippen LogP contribution in [0.1, 0.15) is 97.3 Å². The topological polar surface area (TPSA) is 69.6 Å². The van der Waals surface area contributed by atoms with Gasteiger partial charge in [0.25, 0.3) is 0 Å². The van der Waals surface area contributed by atoms with E-state index in [1.807, 2.05) is 6.08 Å². The highest BCUT2D eigenvalue weighted by Crippen LogP contribution is 2.09. The molecule has 0 aliphatic carbocycles. The minimum atomic E-state index is -0.850. The Labute approximate surface area is 167 Å². The molecule has 0 radical (unpaired) electrons. The number of carbonyl (C=O) groups is 1. The largest absolute Gasteiger partial charge is 0.394 e. The second-order valence-corrected chi connectivity index (χ2v) is 7.34. The van der Waals surface area contributed by atoms with Crippen molar-refractivity contribution >= 4 is 5.91 Å². The van der Waals surface area contributed by atoms with E-state index in [1.165, 1.54) is 38.5 Å². The number of unbranched alkanes of at least 4 members (excludes halogenated alkanes) is 9. The maximum absolute atomic E-state index is 12.0. The molecule has 0 aromatic rings. The lowest BCUT2D eigenvalue weighted by molar-refractivity contribution is -0.123. The Morgan fingerprint density at radius 1 is 0.852 bits per heavy atom. The van der Waals surface area contributed by atoms with Crippen LogP contribution in [0.4, 0.5) is 0 Å². The fourth-order valence-corrected chi connectivity index (χ4v) is 2.90. The highest BCUT2D eigenvalue weighted by atomic mass is 16.3. The molecule has 0 aromatic carbocycles. The van der Waals surface area contributed by atoms with Crippen molar-refractivity contribution in [3.05, 3.63) is 24.3 Å². The van der Waals surface area contributed by atoms with Gasteiger partial charge in [-0.2, -0.15) is 0 Å². The molecular formula is C23H43NO3. The first-order valence-electron chi connectivity index (χ1n) is 11.1. The zero-order chi connectivity index (χ0) is 20.2. The molecule has 158 valence electrons. The van der Waals surface area contributed by atoms with Crippen LogP contribution in [0.15, 0.2) is 24.3 Å². The van der Waals surface area contributed by atoms with Crippen molar-refractivity contribution < 1.29 is 15.0 Å². The Bertz CT molecular complexity index is 393. The summed E-state index contributed by atoms with van der Waals surface area (Å²) in [5.74, 6) is -0.0880. The van der Waals surface area contributed by atoms with Gasteiger partial charge < -0.3 is 15.5 Å². The minimum Gasteiger partial charge on any atom is -0.394 e. The molecular weight excluding hydrogens is 338 g/mol. The maximum atomic E-state index is 12.0. The molecule has 0 saturated carbocycles. The Hall–Kier alpha value is -1.13. The molecule has 0 aliphatic heterocycles. The van der Waals surface area contributed by atoms with E-state index in [4.69, 9.17) is 0 Å². The Morgan fingerprint density at radius 2 is 1.44 bits per heavy atom. The van der Waals surface area contributed by atoms with E-state index >= 15 is 0 Å². The number of nitrogens with one attached hydrogen (secondary N) is 1. The molecule has 0 heterocycles. The molecule has 1 amide bonds. The van der Waals surface area contributed by atoms with Crippen LogP contribution < -0.4 is 5.32 Å². The lowest BCUT2D eigenvalue weighted by Gasteiger charge is -2.19. The van der Waals surface area contributed by atoms with Crippen LogP contribution in [0, 0.1) is 0 Å². The Balaban J connectivity index is 3.87. The van der Waals surface area contributed by atoms with Gasteiger partial charge in [-0.3, -0.25) is 4.79 Å². The number of amides is 1. The molecule has 0 spiro atoms. The van der Waals surface area contributed by atoms with Gasteiger partial charge in [0.15, 0.2) is 0 Å². The average Bonchev–Trinajstić information content (AvgIpc) is 2.67. The van der Waals surface area contributed by atoms with E-state index in [0.717, 1.165) is 38.5 Å². The van der Waals surface area contributed by atoms with Gasteiger partial charge in [0.05, 0.1) is 18.8 Å². The van der Waals surface area contributed by atoms with E-state index in [9.17, 15) is 15.0 Å². The monoisotopic (exact) mass is 381 g/mol. The van der Waals surface area contributed by atoms with Crippen molar-refractivity contribution in [2.45, 2.75) is 109 Å². The van der Waals surface area contributed by atoms with E-state index in [0.29, 0.717) is 6.42 Å². The summed E-state index contributed by atoms with van der Waals surface area (Å²) in [4.78, 5) is 12.0. The van der Waals surface area contributed by atoms with E-state index in [2.05, 4.69) is 31.3 Å². The lowest BCUT2D eigenvalue weighted by atomic mass is 10.1. The van der Waals surface area contributed by atoms with Gasteiger partial charge in [0, 0.05) is 6.42 Å². The lowest BCUT2D eigenvalue weighted by Crippen LogP contribution is -2.45. The first-order valence-corrected chi connectivity index (χ1v) is 11.1. The van der Waals surface area contributed by atoms with Gasteiger partial charge in [-0.1, -0.05) is 89.5 Å². The molecule has 27 heavy (non-hydrogen) atoms. The second-order valence-electron chi connectivity index (χ2n) is 7.34. The van der Waals surface area contributed by atoms with Crippen molar-refractivity contribution in [1.82, 2.24) is 5.32 Å². The normalized spacial score (nSPS) is 14.1. The van der Waals surface area contributed by atoms with E-state index < -0.39 is 12.1 Å². The third-order valence-electron chi connectivity index (χ3n) is 4.67.